The van der Waals surface area contributed by atoms with Gasteiger partial charge < -0.3 is 14.8 Å². The van der Waals surface area contributed by atoms with Crippen LogP contribution in [0.25, 0.3) is 0 Å². The highest BCUT2D eigenvalue weighted by atomic mass is 16.6. The van der Waals surface area contributed by atoms with Crippen molar-refractivity contribution < 1.29 is 14.3 Å². The largest absolute Gasteiger partial charge is 0.501 e. The van der Waals surface area contributed by atoms with Crippen molar-refractivity contribution in [2.24, 2.45) is 0 Å². The molecule has 0 aromatic rings. The van der Waals surface area contributed by atoms with Crippen LogP contribution in [-0.2, 0) is 9.47 Å². The molecule has 0 spiro atoms. The van der Waals surface area contributed by atoms with Gasteiger partial charge in [0.1, 0.15) is 5.60 Å². The molecular weight excluding hydrogens is 194 g/mol. The van der Waals surface area contributed by atoms with E-state index in [0.29, 0.717) is 0 Å². The zero-order valence-corrected chi connectivity index (χ0v) is 9.79. The van der Waals surface area contributed by atoms with Crippen LogP contribution in [0.5, 0.6) is 0 Å². The Kier molecular flexibility index (Phi) is 3.61. The molecule has 15 heavy (non-hydrogen) atoms. The summed E-state index contributed by atoms with van der Waals surface area (Å²) in [5.74, 6) is 0.927. The fourth-order valence-electron chi connectivity index (χ4n) is 1.43. The molecular formula is C11H19NO3. The average molecular weight is 213 g/mol. The number of carbonyl (C=O) groups is 1. The zero-order valence-electron chi connectivity index (χ0n) is 9.79. The quantitative estimate of drug-likeness (QED) is 0.765. The molecule has 4 heteroatoms. The number of carbonyl (C=O) groups excluding carboxylic acids is 1. The van der Waals surface area contributed by atoms with E-state index in [1.165, 1.54) is 0 Å². The molecule has 0 aliphatic heterocycles. The van der Waals surface area contributed by atoms with Crippen LogP contribution in [0, 0.1) is 0 Å². The number of alkyl carbamates (subject to hydrolysis) is 1. The smallest absolute Gasteiger partial charge is 0.408 e. The Bertz CT molecular complexity index is 265. The van der Waals surface area contributed by atoms with Gasteiger partial charge in [0, 0.05) is 6.42 Å². The van der Waals surface area contributed by atoms with E-state index in [2.05, 4.69) is 5.32 Å². The molecule has 0 bridgehead atoms. The molecule has 0 aromatic heterocycles. The molecule has 86 valence electrons. The number of nitrogens with one attached hydrogen (secondary N) is 1. The van der Waals surface area contributed by atoms with E-state index >= 15 is 0 Å². The van der Waals surface area contributed by atoms with Gasteiger partial charge in [0.05, 0.1) is 18.9 Å². The van der Waals surface area contributed by atoms with E-state index in [4.69, 9.17) is 9.47 Å². The highest BCUT2D eigenvalue weighted by molar-refractivity contribution is 5.68. The summed E-state index contributed by atoms with van der Waals surface area (Å²) in [7, 11) is 1.64. The number of hydrogen-bond donors (Lipinski definition) is 1. The molecule has 0 radical (unpaired) electrons. The van der Waals surface area contributed by atoms with Gasteiger partial charge in [0.2, 0.25) is 0 Å². The van der Waals surface area contributed by atoms with Crippen molar-refractivity contribution in [2.75, 3.05) is 7.11 Å². The first-order valence-electron chi connectivity index (χ1n) is 5.15. The Morgan fingerprint density at radius 2 is 2.20 bits per heavy atom. The first kappa shape index (κ1) is 11.9. The lowest BCUT2D eigenvalue weighted by atomic mass is 10.2. The predicted molar refractivity (Wildman–Crippen MR) is 57.5 cm³/mol. The lowest BCUT2D eigenvalue weighted by Crippen LogP contribution is -2.37. The van der Waals surface area contributed by atoms with Gasteiger partial charge in [-0.25, -0.2) is 4.79 Å². The molecule has 1 aliphatic carbocycles. The molecule has 0 unspecified atom stereocenters. The second-order valence-corrected chi connectivity index (χ2v) is 4.63. The summed E-state index contributed by atoms with van der Waals surface area (Å²) < 4.78 is 10.2. The monoisotopic (exact) mass is 213 g/mol. The van der Waals surface area contributed by atoms with Gasteiger partial charge in [0.15, 0.2) is 0 Å². The Balaban J connectivity index is 2.37. The van der Waals surface area contributed by atoms with Crippen molar-refractivity contribution in [2.45, 2.75) is 45.3 Å². The van der Waals surface area contributed by atoms with Crippen molar-refractivity contribution in [3.8, 4) is 0 Å². The van der Waals surface area contributed by atoms with Crippen LogP contribution in [0.1, 0.15) is 33.6 Å². The Morgan fingerprint density at radius 3 is 2.67 bits per heavy atom. The van der Waals surface area contributed by atoms with E-state index in [9.17, 15) is 4.79 Å². The third-order valence-corrected chi connectivity index (χ3v) is 2.05. The lowest BCUT2D eigenvalue weighted by molar-refractivity contribution is 0.0514. The highest BCUT2D eigenvalue weighted by Crippen LogP contribution is 2.19. The van der Waals surface area contributed by atoms with Crippen molar-refractivity contribution in [3.05, 3.63) is 11.8 Å². The molecule has 0 heterocycles. The average Bonchev–Trinajstić information content (AvgIpc) is 2.48. The number of allylic oxidation sites excluding steroid dienone is 1. The molecule has 1 aliphatic rings. The zero-order chi connectivity index (χ0) is 11.5. The molecule has 0 fully saturated rings. The summed E-state index contributed by atoms with van der Waals surface area (Å²) in [6.07, 6.45) is 3.30. The minimum Gasteiger partial charge on any atom is -0.501 e. The van der Waals surface area contributed by atoms with Crippen LogP contribution in [-0.4, -0.2) is 24.8 Å². The summed E-state index contributed by atoms with van der Waals surface area (Å²) in [4.78, 5) is 11.4. The maximum absolute atomic E-state index is 11.4. The number of ether oxygens (including phenoxy) is 2. The van der Waals surface area contributed by atoms with Crippen LogP contribution < -0.4 is 5.32 Å². The first-order chi connectivity index (χ1) is 6.90. The van der Waals surface area contributed by atoms with Gasteiger partial charge in [-0.05, 0) is 33.3 Å². The Morgan fingerprint density at radius 1 is 1.53 bits per heavy atom. The predicted octanol–water partition coefficient (Wildman–Crippen LogP) is 2.20. The highest BCUT2D eigenvalue weighted by Gasteiger charge is 2.21. The third kappa shape index (κ3) is 4.23. The summed E-state index contributed by atoms with van der Waals surface area (Å²) in [5, 5.41) is 2.78. The summed E-state index contributed by atoms with van der Waals surface area (Å²) in [5.41, 5.74) is -0.448. The van der Waals surface area contributed by atoms with E-state index in [1.807, 2.05) is 26.8 Å². The van der Waals surface area contributed by atoms with Crippen LogP contribution in [0.3, 0.4) is 0 Å². The van der Waals surface area contributed by atoms with Crippen LogP contribution in [0.15, 0.2) is 11.8 Å². The van der Waals surface area contributed by atoms with Gasteiger partial charge in [-0.3, -0.25) is 0 Å². The minimum atomic E-state index is -0.448. The van der Waals surface area contributed by atoms with Gasteiger partial charge >= 0.3 is 6.09 Å². The second kappa shape index (κ2) is 4.55. The maximum atomic E-state index is 11.4. The van der Waals surface area contributed by atoms with E-state index in [0.717, 1.165) is 18.6 Å². The first-order valence-corrected chi connectivity index (χ1v) is 5.15. The van der Waals surface area contributed by atoms with Crippen molar-refractivity contribution in [1.82, 2.24) is 5.32 Å². The Hall–Kier alpha value is -1.19. The van der Waals surface area contributed by atoms with Crippen LogP contribution >= 0.6 is 0 Å². The van der Waals surface area contributed by atoms with Gasteiger partial charge in [0.25, 0.3) is 0 Å². The maximum Gasteiger partial charge on any atom is 0.408 e. The number of amides is 1. The number of methoxy groups -OCH3 is 1. The normalized spacial score (nSPS) is 20.8. The topological polar surface area (TPSA) is 47.6 Å². The fraction of sp³-hybridized carbons (Fsp3) is 0.727. The van der Waals surface area contributed by atoms with Crippen molar-refractivity contribution in [3.63, 3.8) is 0 Å². The molecule has 0 saturated heterocycles. The lowest BCUT2D eigenvalue weighted by Gasteiger charge is -2.21. The van der Waals surface area contributed by atoms with Crippen molar-refractivity contribution in [1.29, 1.82) is 0 Å². The van der Waals surface area contributed by atoms with Crippen LogP contribution in [0.4, 0.5) is 4.79 Å². The second-order valence-electron chi connectivity index (χ2n) is 4.63. The third-order valence-electron chi connectivity index (χ3n) is 2.05. The summed E-state index contributed by atoms with van der Waals surface area (Å²) >= 11 is 0. The minimum absolute atomic E-state index is 0.0369. The van der Waals surface area contributed by atoms with E-state index in [-0.39, 0.29) is 12.1 Å². The summed E-state index contributed by atoms with van der Waals surface area (Å²) in [6.45, 7) is 5.53. The molecule has 1 N–H and O–H groups in total. The number of hydrogen-bond acceptors (Lipinski definition) is 3. The van der Waals surface area contributed by atoms with Crippen LogP contribution in [0.2, 0.25) is 0 Å². The molecule has 0 saturated carbocycles. The van der Waals surface area contributed by atoms with Gasteiger partial charge in [-0.2, -0.15) is 0 Å². The molecule has 1 atom stereocenters. The molecule has 4 nitrogen and oxygen atoms in total. The number of rotatable bonds is 2. The van der Waals surface area contributed by atoms with Crippen molar-refractivity contribution >= 4 is 6.09 Å². The van der Waals surface area contributed by atoms with Gasteiger partial charge in [-0.15, -0.1) is 0 Å². The van der Waals surface area contributed by atoms with E-state index in [1.54, 1.807) is 7.11 Å². The summed E-state index contributed by atoms with van der Waals surface area (Å²) in [6, 6.07) is 0.0369. The molecule has 0 aromatic carbocycles. The molecule has 1 rings (SSSR count). The standard InChI is InChI=1S/C11H19NO3/c1-11(2,3)15-10(13)12-8-5-6-9(7-8)14-4/h7-8H,5-6H2,1-4H3,(H,12,13)/t8-/m1/s1. The van der Waals surface area contributed by atoms with Gasteiger partial charge in [-0.1, -0.05) is 0 Å². The van der Waals surface area contributed by atoms with E-state index < -0.39 is 5.60 Å². The SMILES string of the molecule is COC1=C[C@H](NC(=O)OC(C)(C)C)CC1. The Labute approximate surface area is 90.6 Å². The molecule has 1 amide bonds. The fourth-order valence-corrected chi connectivity index (χ4v) is 1.43.